The van der Waals surface area contributed by atoms with Crippen LogP contribution in [0.15, 0.2) is 48.5 Å². The van der Waals surface area contributed by atoms with Crippen molar-refractivity contribution in [1.29, 1.82) is 0 Å². The molecule has 0 heterocycles. The van der Waals surface area contributed by atoms with E-state index in [0.717, 1.165) is 8.86 Å². The molecular formula is C16H12I2. The summed E-state index contributed by atoms with van der Waals surface area (Å²) in [6.45, 7) is 0. The van der Waals surface area contributed by atoms with Gasteiger partial charge in [0.25, 0.3) is 0 Å². The molecule has 0 saturated heterocycles. The molecule has 0 aromatic heterocycles. The smallest absolute Gasteiger partial charge is 0.0259 e. The first-order valence-electron chi connectivity index (χ1n) is 5.90. The number of alkyl halides is 2. The van der Waals surface area contributed by atoms with Gasteiger partial charge in [0.15, 0.2) is 0 Å². The average Bonchev–Trinajstić information content (AvgIpc) is 2.44. The molecule has 3 aromatic rings. The van der Waals surface area contributed by atoms with Gasteiger partial charge < -0.3 is 0 Å². The Morgan fingerprint density at radius 3 is 1.06 bits per heavy atom. The van der Waals surface area contributed by atoms with E-state index in [1.165, 1.54) is 32.7 Å². The van der Waals surface area contributed by atoms with Crippen LogP contribution in [0.2, 0.25) is 0 Å². The Morgan fingerprint density at radius 2 is 0.833 bits per heavy atom. The van der Waals surface area contributed by atoms with Crippen molar-refractivity contribution in [2.24, 2.45) is 0 Å². The number of hydrogen-bond acceptors (Lipinski definition) is 0. The van der Waals surface area contributed by atoms with Gasteiger partial charge in [-0.05, 0) is 32.7 Å². The third-order valence-corrected chi connectivity index (χ3v) is 4.95. The highest BCUT2D eigenvalue weighted by Gasteiger charge is 2.11. The van der Waals surface area contributed by atoms with E-state index in [1.54, 1.807) is 0 Å². The van der Waals surface area contributed by atoms with Gasteiger partial charge in [0.05, 0.1) is 0 Å². The summed E-state index contributed by atoms with van der Waals surface area (Å²) < 4.78 is 2.11. The maximum Gasteiger partial charge on any atom is 0.0259 e. The number of hydrogen-bond donors (Lipinski definition) is 0. The largest absolute Gasteiger partial charge is 0.0811 e. The van der Waals surface area contributed by atoms with Crippen LogP contribution in [-0.4, -0.2) is 0 Å². The topological polar surface area (TPSA) is 0 Å². The summed E-state index contributed by atoms with van der Waals surface area (Å²) >= 11 is 4.94. The zero-order valence-electron chi connectivity index (χ0n) is 9.79. The summed E-state index contributed by atoms with van der Waals surface area (Å²) in [5, 5.41) is 5.66. The van der Waals surface area contributed by atoms with E-state index in [4.69, 9.17) is 0 Å². The number of fused-ring (bicyclic) bond motifs is 2. The number of rotatable bonds is 2. The summed E-state index contributed by atoms with van der Waals surface area (Å²) in [5.74, 6) is 0. The fourth-order valence-corrected chi connectivity index (χ4v) is 4.24. The first-order chi connectivity index (χ1) is 8.86. The van der Waals surface area contributed by atoms with Crippen molar-refractivity contribution in [3.05, 3.63) is 59.7 Å². The van der Waals surface area contributed by atoms with E-state index in [2.05, 4.69) is 93.7 Å². The predicted octanol–water partition coefficient (Wildman–Crippen LogP) is 5.86. The van der Waals surface area contributed by atoms with Gasteiger partial charge in [-0.15, -0.1) is 0 Å². The molecule has 18 heavy (non-hydrogen) atoms. The van der Waals surface area contributed by atoms with Crippen molar-refractivity contribution < 1.29 is 0 Å². The van der Waals surface area contributed by atoms with Crippen LogP contribution in [0.5, 0.6) is 0 Å². The van der Waals surface area contributed by atoms with Crippen molar-refractivity contribution in [2.45, 2.75) is 8.86 Å². The van der Waals surface area contributed by atoms with Crippen LogP contribution < -0.4 is 0 Å². The van der Waals surface area contributed by atoms with Crippen LogP contribution in [0.25, 0.3) is 21.5 Å². The molecule has 0 N–H and O–H groups in total. The van der Waals surface area contributed by atoms with Crippen LogP contribution in [0.4, 0.5) is 0 Å². The van der Waals surface area contributed by atoms with Gasteiger partial charge in [-0.3, -0.25) is 0 Å². The van der Waals surface area contributed by atoms with E-state index in [-0.39, 0.29) is 0 Å². The van der Waals surface area contributed by atoms with E-state index in [9.17, 15) is 0 Å². The standard InChI is InChI=1S/C16H12I2/c17-9-15-11-5-1-2-6-12(11)16(10-18)14-8-4-3-7-13(14)15/h1-8H,9-10H2. The van der Waals surface area contributed by atoms with Crippen molar-refractivity contribution in [2.75, 3.05) is 0 Å². The molecule has 0 radical (unpaired) electrons. The van der Waals surface area contributed by atoms with Gasteiger partial charge >= 0.3 is 0 Å². The molecule has 3 aromatic carbocycles. The minimum Gasteiger partial charge on any atom is -0.0811 e. The molecule has 0 unspecified atom stereocenters. The SMILES string of the molecule is ICc1c2ccccc2c(CI)c2ccccc12. The molecular weight excluding hydrogens is 446 g/mol. The molecule has 3 rings (SSSR count). The fraction of sp³-hybridized carbons (Fsp3) is 0.125. The van der Waals surface area contributed by atoms with Crippen molar-refractivity contribution >= 4 is 66.7 Å². The molecule has 0 saturated carbocycles. The lowest BCUT2D eigenvalue weighted by Gasteiger charge is -2.14. The van der Waals surface area contributed by atoms with Crippen LogP contribution in [0.1, 0.15) is 11.1 Å². The maximum absolute atomic E-state index is 2.47. The number of halogens is 2. The molecule has 0 aliphatic carbocycles. The third kappa shape index (κ3) is 1.93. The second-order valence-electron chi connectivity index (χ2n) is 4.32. The predicted molar refractivity (Wildman–Crippen MR) is 96.9 cm³/mol. The highest BCUT2D eigenvalue weighted by Crippen LogP contribution is 2.35. The van der Waals surface area contributed by atoms with E-state index in [0.29, 0.717) is 0 Å². The highest BCUT2D eigenvalue weighted by molar-refractivity contribution is 14.1. The molecule has 0 atom stereocenters. The lowest BCUT2D eigenvalue weighted by molar-refractivity contribution is 1.50. The van der Waals surface area contributed by atoms with Gasteiger partial charge in [-0.2, -0.15) is 0 Å². The molecule has 0 amide bonds. The molecule has 0 aliphatic rings. The number of benzene rings is 3. The quantitative estimate of drug-likeness (QED) is 0.257. The van der Waals surface area contributed by atoms with E-state index < -0.39 is 0 Å². The Labute approximate surface area is 134 Å². The average molecular weight is 458 g/mol. The Kier molecular flexibility index (Phi) is 3.75. The maximum atomic E-state index is 2.47. The Hall–Kier alpha value is -0.360. The molecule has 90 valence electrons. The Bertz CT molecular complexity index is 598. The van der Waals surface area contributed by atoms with Gasteiger partial charge in [0.1, 0.15) is 0 Å². The molecule has 0 aliphatic heterocycles. The van der Waals surface area contributed by atoms with Crippen LogP contribution in [-0.2, 0) is 8.86 Å². The summed E-state index contributed by atoms with van der Waals surface area (Å²) in [5.41, 5.74) is 2.94. The van der Waals surface area contributed by atoms with Gasteiger partial charge in [0, 0.05) is 8.86 Å². The minimum atomic E-state index is 1.06. The zero-order chi connectivity index (χ0) is 12.5. The van der Waals surface area contributed by atoms with Crippen molar-refractivity contribution in [3.8, 4) is 0 Å². The van der Waals surface area contributed by atoms with Crippen molar-refractivity contribution in [1.82, 2.24) is 0 Å². The second-order valence-corrected chi connectivity index (χ2v) is 5.84. The van der Waals surface area contributed by atoms with E-state index in [1.807, 2.05) is 0 Å². The molecule has 0 fully saturated rings. The molecule has 2 heteroatoms. The first-order valence-corrected chi connectivity index (χ1v) is 8.95. The van der Waals surface area contributed by atoms with E-state index >= 15 is 0 Å². The summed E-state index contributed by atoms with van der Waals surface area (Å²) in [6, 6.07) is 17.6. The lowest BCUT2D eigenvalue weighted by atomic mass is 9.93. The van der Waals surface area contributed by atoms with Crippen LogP contribution >= 0.6 is 45.2 Å². The van der Waals surface area contributed by atoms with Gasteiger partial charge in [-0.25, -0.2) is 0 Å². The monoisotopic (exact) mass is 458 g/mol. The lowest BCUT2D eigenvalue weighted by Crippen LogP contribution is -1.91. The van der Waals surface area contributed by atoms with Crippen molar-refractivity contribution in [3.63, 3.8) is 0 Å². The first kappa shape index (κ1) is 12.7. The summed E-state index contributed by atoms with van der Waals surface area (Å²) in [4.78, 5) is 0. The zero-order valence-corrected chi connectivity index (χ0v) is 14.1. The third-order valence-electron chi connectivity index (χ3n) is 3.42. The molecule has 0 nitrogen and oxygen atoms in total. The van der Waals surface area contributed by atoms with Gasteiger partial charge in [0.2, 0.25) is 0 Å². The summed E-state index contributed by atoms with van der Waals surface area (Å²) in [7, 11) is 0. The molecule has 0 bridgehead atoms. The summed E-state index contributed by atoms with van der Waals surface area (Å²) in [6.07, 6.45) is 0. The molecule has 0 spiro atoms. The van der Waals surface area contributed by atoms with Crippen LogP contribution in [0, 0.1) is 0 Å². The van der Waals surface area contributed by atoms with Gasteiger partial charge in [-0.1, -0.05) is 93.7 Å². The second kappa shape index (κ2) is 5.33. The fourth-order valence-electron chi connectivity index (χ4n) is 2.60. The highest BCUT2D eigenvalue weighted by atomic mass is 127. The Morgan fingerprint density at radius 1 is 0.556 bits per heavy atom. The minimum absolute atomic E-state index is 1.06. The normalized spacial score (nSPS) is 11.2. The Balaban J connectivity index is 2.61. The van der Waals surface area contributed by atoms with Crippen LogP contribution in [0.3, 0.4) is 0 Å².